The van der Waals surface area contributed by atoms with Gasteiger partial charge in [-0.2, -0.15) is 0 Å². The minimum Gasteiger partial charge on any atom is -0.373 e. The average molecular weight is 352 g/mol. The topological polar surface area (TPSA) is 32.8 Å². The molecule has 4 fully saturated rings. The third-order valence-corrected chi connectivity index (χ3v) is 8.27. The molecule has 0 aromatic heterocycles. The van der Waals surface area contributed by atoms with Gasteiger partial charge >= 0.3 is 0 Å². The molecule has 134 valence electrons. The number of ether oxygens (including phenoxy) is 1. The van der Waals surface area contributed by atoms with Crippen molar-refractivity contribution >= 4 is 11.6 Å². The number of amides is 1. The van der Waals surface area contributed by atoms with E-state index < -0.39 is 0 Å². The van der Waals surface area contributed by atoms with Gasteiger partial charge in [0.15, 0.2) is 0 Å². The van der Waals surface area contributed by atoms with E-state index in [0.29, 0.717) is 30.9 Å². The molecule has 4 nitrogen and oxygen atoms in total. The average Bonchev–Trinajstić information content (AvgIpc) is 3.09. The zero-order valence-corrected chi connectivity index (χ0v) is 14.5. The number of halogens is 1. The third kappa shape index (κ3) is 1.39. The second-order valence-electron chi connectivity index (χ2n) is 8.92. The fourth-order valence-corrected chi connectivity index (χ4v) is 7.52. The number of hydrogen-bond donors (Lipinski definition) is 0. The fourth-order valence-electron chi connectivity index (χ4n) is 7.52. The first-order valence-corrected chi connectivity index (χ1v) is 9.85. The summed E-state index contributed by atoms with van der Waals surface area (Å²) in [6.07, 6.45) is 4.89. The van der Waals surface area contributed by atoms with Crippen molar-refractivity contribution in [3.63, 3.8) is 0 Å². The molecule has 1 aliphatic carbocycles. The van der Waals surface area contributed by atoms with E-state index in [2.05, 4.69) is 15.9 Å². The molecule has 3 saturated heterocycles. The van der Waals surface area contributed by atoms with Gasteiger partial charge in [0.1, 0.15) is 5.82 Å². The summed E-state index contributed by atoms with van der Waals surface area (Å²) in [7, 11) is 0. The van der Waals surface area contributed by atoms with Crippen molar-refractivity contribution in [3.8, 4) is 0 Å². The lowest BCUT2D eigenvalue weighted by Gasteiger charge is -2.58. The lowest BCUT2D eigenvalue weighted by molar-refractivity contribution is -0.132. The number of hydrogen-bond acceptors (Lipinski definition) is 3. The number of rotatable bonds is 0. The molecule has 1 amide bonds. The van der Waals surface area contributed by atoms with E-state index in [-0.39, 0.29) is 29.3 Å². The molecule has 2 bridgehead atoms. The zero-order valence-electron chi connectivity index (χ0n) is 14.5. The molecular weight excluding hydrogens is 331 g/mol. The summed E-state index contributed by atoms with van der Waals surface area (Å²) in [6, 6.07) is 5.63. The predicted octanol–water partition coefficient (Wildman–Crippen LogP) is 2.23. The number of fused-ring (bicyclic) bond motifs is 2. The summed E-state index contributed by atoms with van der Waals surface area (Å²) < 4.78 is 20.5. The first-order valence-electron chi connectivity index (χ1n) is 9.85. The first-order chi connectivity index (χ1) is 12.7. The van der Waals surface area contributed by atoms with Gasteiger partial charge in [-0.15, -0.1) is 0 Å². The number of carbonyl (C=O) groups excluding carboxylic acids is 1. The van der Waals surface area contributed by atoms with Crippen LogP contribution in [0.1, 0.15) is 24.8 Å². The van der Waals surface area contributed by atoms with E-state index in [9.17, 15) is 9.18 Å². The van der Waals surface area contributed by atoms with Crippen molar-refractivity contribution < 1.29 is 13.9 Å². The van der Waals surface area contributed by atoms with E-state index >= 15 is 0 Å². The van der Waals surface area contributed by atoms with Crippen LogP contribution in [-0.4, -0.2) is 48.7 Å². The fraction of sp³-hybridized carbons (Fsp3) is 0.571. The van der Waals surface area contributed by atoms with Gasteiger partial charge in [0.2, 0.25) is 5.91 Å². The number of nitrogens with zero attached hydrogens (tertiary/aromatic N) is 2. The molecular formula is C21H21FN2O2. The van der Waals surface area contributed by atoms with E-state index in [1.54, 1.807) is 6.07 Å². The highest BCUT2D eigenvalue weighted by molar-refractivity contribution is 5.99. The molecule has 26 heavy (non-hydrogen) atoms. The Morgan fingerprint density at radius 2 is 2.23 bits per heavy atom. The van der Waals surface area contributed by atoms with Crippen molar-refractivity contribution in [3.05, 3.63) is 41.2 Å². The van der Waals surface area contributed by atoms with E-state index in [4.69, 9.17) is 4.74 Å². The highest BCUT2D eigenvalue weighted by Crippen LogP contribution is 2.65. The summed E-state index contributed by atoms with van der Waals surface area (Å²) >= 11 is 0. The minimum atomic E-state index is -0.184. The number of piperidine rings is 2. The Balaban J connectivity index is 1.55. The van der Waals surface area contributed by atoms with Gasteiger partial charge in [0, 0.05) is 29.6 Å². The summed E-state index contributed by atoms with van der Waals surface area (Å²) in [4.78, 5) is 17.8. The number of benzene rings is 1. The van der Waals surface area contributed by atoms with Crippen LogP contribution in [0.2, 0.25) is 0 Å². The smallest absolute Gasteiger partial charge is 0.229 e. The Labute approximate surface area is 151 Å². The van der Waals surface area contributed by atoms with Crippen molar-refractivity contribution in [2.45, 2.75) is 42.9 Å². The van der Waals surface area contributed by atoms with Crippen LogP contribution in [0, 0.1) is 17.7 Å². The van der Waals surface area contributed by atoms with Gasteiger partial charge < -0.3 is 9.64 Å². The lowest BCUT2D eigenvalue weighted by atomic mass is 9.53. The van der Waals surface area contributed by atoms with Crippen LogP contribution in [-0.2, 0) is 14.9 Å². The molecule has 0 radical (unpaired) electrons. The van der Waals surface area contributed by atoms with Crippen molar-refractivity contribution in [2.75, 3.05) is 24.6 Å². The highest BCUT2D eigenvalue weighted by atomic mass is 19.1. The standard InChI is InChI=1S/C21H21FN2O2/c22-12-1-2-15-14(7-12)21-4-5-23-10-11-3-6-26-16-9-18(25)24(15)20(21)19(16)13(11)8-17(21)23/h1-3,7,13,16-17,19-20H,4-6,8-10H2/t13-,16-,17-,19-,20-,21+/m0/s1. The van der Waals surface area contributed by atoms with Gasteiger partial charge in [0.05, 0.1) is 25.2 Å². The molecule has 0 unspecified atom stereocenters. The maximum atomic E-state index is 14.3. The molecule has 6 atom stereocenters. The van der Waals surface area contributed by atoms with E-state index in [1.165, 1.54) is 11.6 Å². The Morgan fingerprint density at radius 3 is 3.15 bits per heavy atom. The Morgan fingerprint density at radius 1 is 1.31 bits per heavy atom. The number of anilines is 1. The van der Waals surface area contributed by atoms with Crippen LogP contribution in [0.4, 0.5) is 10.1 Å². The normalized spacial score (nSPS) is 44.7. The molecule has 5 heterocycles. The molecule has 6 aliphatic rings. The van der Waals surface area contributed by atoms with Crippen LogP contribution in [0.3, 0.4) is 0 Å². The monoisotopic (exact) mass is 352 g/mol. The van der Waals surface area contributed by atoms with Gasteiger partial charge in [0.25, 0.3) is 0 Å². The zero-order chi connectivity index (χ0) is 17.2. The van der Waals surface area contributed by atoms with E-state index in [0.717, 1.165) is 37.2 Å². The van der Waals surface area contributed by atoms with Crippen LogP contribution in [0.5, 0.6) is 0 Å². The largest absolute Gasteiger partial charge is 0.373 e. The van der Waals surface area contributed by atoms with Gasteiger partial charge in [-0.1, -0.05) is 11.6 Å². The Kier molecular flexibility index (Phi) is 2.43. The molecule has 1 aromatic carbocycles. The Hall–Kier alpha value is -1.72. The van der Waals surface area contributed by atoms with Gasteiger partial charge in [-0.3, -0.25) is 9.69 Å². The van der Waals surface area contributed by atoms with Crippen LogP contribution >= 0.6 is 0 Å². The maximum Gasteiger partial charge on any atom is 0.229 e. The SMILES string of the molecule is O=C1C[C@@H]2OCC=C3CN4CC[C@]56c7cc(F)ccc7N1[C@H]5[C@H]2[C@H]3C[C@H]46. The van der Waals surface area contributed by atoms with Crippen LogP contribution in [0.25, 0.3) is 0 Å². The third-order valence-electron chi connectivity index (χ3n) is 8.27. The first kappa shape index (κ1) is 14.4. The molecule has 5 aliphatic heterocycles. The molecule has 1 spiro atoms. The second kappa shape index (κ2) is 4.39. The second-order valence-corrected chi connectivity index (χ2v) is 8.92. The molecule has 0 N–H and O–H groups in total. The summed E-state index contributed by atoms with van der Waals surface area (Å²) in [5.41, 5.74) is 3.44. The summed E-state index contributed by atoms with van der Waals surface area (Å²) in [5, 5.41) is 0. The molecule has 1 aromatic rings. The molecule has 5 heteroatoms. The lowest BCUT2D eigenvalue weighted by Crippen LogP contribution is -2.69. The quantitative estimate of drug-likeness (QED) is 0.672. The maximum absolute atomic E-state index is 14.3. The Bertz CT molecular complexity index is 898. The predicted molar refractivity (Wildman–Crippen MR) is 93.4 cm³/mol. The molecule has 1 saturated carbocycles. The van der Waals surface area contributed by atoms with Crippen molar-refractivity contribution in [1.82, 2.24) is 4.90 Å². The molecule has 7 rings (SSSR count). The van der Waals surface area contributed by atoms with Crippen molar-refractivity contribution in [2.24, 2.45) is 11.8 Å². The van der Waals surface area contributed by atoms with Crippen molar-refractivity contribution in [1.29, 1.82) is 0 Å². The van der Waals surface area contributed by atoms with Crippen LogP contribution < -0.4 is 4.90 Å². The van der Waals surface area contributed by atoms with E-state index in [1.807, 2.05) is 6.07 Å². The number of carbonyl (C=O) groups is 1. The minimum absolute atomic E-state index is 0.00614. The van der Waals surface area contributed by atoms with Gasteiger partial charge in [-0.05, 0) is 49.1 Å². The van der Waals surface area contributed by atoms with Gasteiger partial charge in [-0.25, -0.2) is 4.39 Å². The highest BCUT2D eigenvalue weighted by Gasteiger charge is 2.71. The summed E-state index contributed by atoms with van der Waals surface area (Å²) in [5.74, 6) is 0.821. The van der Waals surface area contributed by atoms with Crippen LogP contribution in [0.15, 0.2) is 29.8 Å². The summed E-state index contributed by atoms with van der Waals surface area (Å²) in [6.45, 7) is 2.69.